The second kappa shape index (κ2) is 9.46. The number of aromatic nitrogens is 1. The Balaban J connectivity index is 1.98. The van der Waals surface area contributed by atoms with Gasteiger partial charge >= 0.3 is 6.18 Å². The van der Waals surface area contributed by atoms with Crippen molar-refractivity contribution in [3.63, 3.8) is 0 Å². The van der Waals surface area contributed by atoms with Crippen LogP contribution in [0.4, 0.5) is 30.2 Å². The molecule has 0 bridgehead atoms. The third kappa shape index (κ3) is 5.66. The number of anilines is 3. The molecule has 8 nitrogen and oxygen atoms in total. The number of aliphatic imine (C=N–C) groups is 1. The molecule has 0 spiro atoms. The molecule has 0 saturated heterocycles. The van der Waals surface area contributed by atoms with E-state index in [0.717, 1.165) is 23.4 Å². The van der Waals surface area contributed by atoms with Gasteiger partial charge in [0.15, 0.2) is 0 Å². The number of halogens is 3. The second-order valence-electron chi connectivity index (χ2n) is 7.78. The number of nitrogens with one attached hydrogen (secondary N) is 4. The van der Waals surface area contributed by atoms with Crippen LogP contribution in [0.15, 0.2) is 59.5 Å². The zero-order valence-electron chi connectivity index (χ0n) is 19.1. The van der Waals surface area contributed by atoms with Crippen molar-refractivity contribution in [2.75, 3.05) is 23.1 Å². The number of aryl methyl sites for hydroxylation is 2. The van der Waals surface area contributed by atoms with Crippen LogP contribution < -0.4 is 26.0 Å². The molecule has 1 aliphatic heterocycles. The summed E-state index contributed by atoms with van der Waals surface area (Å²) in [6.45, 7) is 8.58. The number of methoxy groups -OCH3 is 1. The van der Waals surface area contributed by atoms with Gasteiger partial charge in [-0.1, -0.05) is 12.6 Å². The number of nitrogens with zero attached hydrogens (tertiary/aromatic N) is 2. The first-order valence-corrected chi connectivity index (χ1v) is 10.2. The predicted octanol–water partition coefficient (Wildman–Crippen LogP) is 4.48. The lowest BCUT2D eigenvalue weighted by Gasteiger charge is -2.36. The molecule has 1 aliphatic rings. The highest BCUT2D eigenvalue weighted by molar-refractivity contribution is 6.01. The van der Waals surface area contributed by atoms with Crippen LogP contribution in [-0.4, -0.2) is 36.2 Å². The summed E-state index contributed by atoms with van der Waals surface area (Å²) in [5.74, 6) is -1.84. The molecule has 1 atom stereocenters. The highest BCUT2D eigenvalue weighted by Gasteiger charge is 2.41. The van der Waals surface area contributed by atoms with Crippen LogP contribution in [0.25, 0.3) is 0 Å². The zero-order chi connectivity index (χ0) is 25.1. The van der Waals surface area contributed by atoms with Crippen molar-refractivity contribution < 1.29 is 22.7 Å². The molecule has 0 radical (unpaired) electrons. The average molecular weight is 474 g/mol. The van der Waals surface area contributed by atoms with Crippen molar-refractivity contribution in [1.29, 1.82) is 0 Å². The van der Waals surface area contributed by atoms with Crippen molar-refractivity contribution in [3.8, 4) is 5.88 Å². The van der Waals surface area contributed by atoms with Crippen LogP contribution in [-0.2, 0) is 4.79 Å². The third-order valence-electron chi connectivity index (χ3n) is 4.94. The molecule has 0 saturated carbocycles. The maximum atomic E-state index is 13.8. The Hall–Kier alpha value is -4.02. The first kappa shape index (κ1) is 24.6. The van der Waals surface area contributed by atoms with Gasteiger partial charge in [-0.2, -0.15) is 13.2 Å². The van der Waals surface area contributed by atoms with Crippen molar-refractivity contribution >= 4 is 29.2 Å². The first-order chi connectivity index (χ1) is 15.9. The molecule has 0 fully saturated rings. The van der Waals surface area contributed by atoms with E-state index in [0.29, 0.717) is 17.3 Å². The van der Waals surface area contributed by atoms with Gasteiger partial charge in [0.2, 0.25) is 17.6 Å². The molecule has 180 valence electrons. The summed E-state index contributed by atoms with van der Waals surface area (Å²) in [5.41, 5.74) is 1.67. The molecule has 11 heteroatoms. The number of rotatable bonds is 7. The number of alkyl halides is 3. The smallest absolute Gasteiger partial charge is 0.421 e. The first-order valence-electron chi connectivity index (χ1n) is 10.2. The molecule has 0 aliphatic carbocycles. The SMILES string of the molecule is C=CC(=O)Nc1cc(C)ccc1NC1=C(C(F)(F)F)C=NC(C)(Nc2cc(OC)ncc2C)N1. The summed E-state index contributed by atoms with van der Waals surface area (Å²) in [6, 6.07) is 6.54. The number of hydrogen-bond donors (Lipinski definition) is 4. The van der Waals surface area contributed by atoms with Gasteiger partial charge in [0.25, 0.3) is 0 Å². The molecule has 34 heavy (non-hydrogen) atoms. The lowest BCUT2D eigenvalue weighted by Crippen LogP contribution is -2.52. The van der Waals surface area contributed by atoms with E-state index >= 15 is 0 Å². The van der Waals surface area contributed by atoms with Gasteiger partial charge in [-0.05, 0) is 50.1 Å². The summed E-state index contributed by atoms with van der Waals surface area (Å²) in [5, 5.41) is 11.3. The number of benzene rings is 1. The predicted molar refractivity (Wildman–Crippen MR) is 126 cm³/mol. The Kier molecular flexibility index (Phi) is 6.85. The number of carbonyl (C=O) groups excluding carboxylic acids is 1. The molecule has 4 N–H and O–H groups in total. The highest BCUT2D eigenvalue weighted by atomic mass is 19.4. The number of allylic oxidation sites excluding steroid dienone is 1. The molecular formula is C23H25F3N6O2. The van der Waals surface area contributed by atoms with Crippen LogP contribution in [0.3, 0.4) is 0 Å². The highest BCUT2D eigenvalue weighted by Crippen LogP contribution is 2.33. The summed E-state index contributed by atoms with van der Waals surface area (Å²) in [6.07, 6.45) is -1.28. The molecule has 1 unspecified atom stereocenters. The van der Waals surface area contributed by atoms with Crippen molar-refractivity contribution in [3.05, 3.63) is 65.6 Å². The Bertz CT molecular complexity index is 1180. The number of hydrogen-bond acceptors (Lipinski definition) is 7. The Morgan fingerprint density at radius 3 is 2.59 bits per heavy atom. The van der Waals surface area contributed by atoms with E-state index < -0.39 is 23.4 Å². The molecular weight excluding hydrogens is 449 g/mol. The topological polar surface area (TPSA) is 99.7 Å². The van der Waals surface area contributed by atoms with Crippen molar-refractivity contribution in [1.82, 2.24) is 10.3 Å². The van der Waals surface area contributed by atoms with Crippen molar-refractivity contribution in [2.24, 2.45) is 4.99 Å². The molecule has 1 amide bonds. The summed E-state index contributed by atoms with van der Waals surface area (Å²) in [4.78, 5) is 20.0. The maximum Gasteiger partial charge on any atom is 0.421 e. The average Bonchev–Trinajstić information content (AvgIpc) is 2.76. The van der Waals surface area contributed by atoms with E-state index in [1.165, 1.54) is 7.11 Å². The van der Waals surface area contributed by atoms with Gasteiger partial charge in [0.05, 0.1) is 18.5 Å². The van der Waals surface area contributed by atoms with E-state index in [1.54, 1.807) is 51.2 Å². The molecule has 1 aromatic carbocycles. The van der Waals surface area contributed by atoms with Crippen LogP contribution in [0.2, 0.25) is 0 Å². The normalized spacial score (nSPS) is 17.6. The van der Waals surface area contributed by atoms with Crippen LogP contribution in [0.1, 0.15) is 18.1 Å². The van der Waals surface area contributed by atoms with Crippen LogP contribution in [0.5, 0.6) is 5.88 Å². The minimum Gasteiger partial charge on any atom is -0.481 e. The fourth-order valence-electron chi connectivity index (χ4n) is 3.18. The fourth-order valence-corrected chi connectivity index (χ4v) is 3.18. The van der Waals surface area contributed by atoms with Crippen molar-refractivity contribution in [2.45, 2.75) is 32.7 Å². The van der Waals surface area contributed by atoms with E-state index in [9.17, 15) is 18.0 Å². The fraction of sp³-hybridized carbons (Fsp3) is 0.261. The minimum absolute atomic E-state index is 0.254. The summed E-state index contributed by atoms with van der Waals surface area (Å²) >= 11 is 0. The van der Waals surface area contributed by atoms with Gasteiger partial charge in [-0.15, -0.1) is 0 Å². The van der Waals surface area contributed by atoms with Gasteiger partial charge < -0.3 is 26.0 Å². The van der Waals surface area contributed by atoms with E-state index in [4.69, 9.17) is 4.74 Å². The van der Waals surface area contributed by atoms with Gasteiger partial charge in [0.1, 0.15) is 11.4 Å². The lowest BCUT2D eigenvalue weighted by atomic mass is 10.1. The standard InChI is InChI=1S/C23H25F3N6O2/c1-6-19(33)29-18-9-13(2)7-8-16(18)30-21-15(23(24,25)26)12-28-22(4,32-21)31-17-10-20(34-5)27-11-14(17)3/h6-12,30,32H,1H2,2-5H3,(H,27,31)(H,29,33). The van der Waals surface area contributed by atoms with E-state index in [-0.39, 0.29) is 11.5 Å². The Morgan fingerprint density at radius 1 is 1.21 bits per heavy atom. The van der Waals surface area contributed by atoms with Gasteiger partial charge in [-0.3, -0.25) is 4.79 Å². The van der Waals surface area contributed by atoms with Gasteiger partial charge in [-0.25, -0.2) is 9.98 Å². The largest absolute Gasteiger partial charge is 0.481 e. The number of ether oxygens (including phenoxy) is 1. The third-order valence-corrected chi connectivity index (χ3v) is 4.94. The number of pyridine rings is 1. The monoisotopic (exact) mass is 474 g/mol. The van der Waals surface area contributed by atoms with Crippen LogP contribution in [0, 0.1) is 13.8 Å². The van der Waals surface area contributed by atoms with Gasteiger partial charge in [0, 0.05) is 24.2 Å². The maximum absolute atomic E-state index is 13.8. The quantitative estimate of drug-likeness (QED) is 0.442. The number of amides is 1. The minimum atomic E-state index is -4.69. The Labute approximate surface area is 195 Å². The molecule has 2 aromatic rings. The lowest BCUT2D eigenvalue weighted by molar-refractivity contribution is -0.111. The summed E-state index contributed by atoms with van der Waals surface area (Å²) in [7, 11) is 1.46. The van der Waals surface area contributed by atoms with Crippen LogP contribution >= 0.6 is 0 Å². The zero-order valence-corrected chi connectivity index (χ0v) is 19.1. The molecule has 3 rings (SSSR count). The number of carbonyl (C=O) groups is 1. The Morgan fingerprint density at radius 2 is 1.94 bits per heavy atom. The molecule has 2 heterocycles. The van der Waals surface area contributed by atoms with E-state index in [2.05, 4.69) is 37.8 Å². The van der Waals surface area contributed by atoms with E-state index in [1.807, 2.05) is 0 Å². The molecule has 1 aromatic heterocycles. The second-order valence-corrected chi connectivity index (χ2v) is 7.78. The summed E-state index contributed by atoms with van der Waals surface area (Å²) < 4.78 is 46.6.